The number of para-hydroxylation sites is 1. The van der Waals surface area contributed by atoms with Gasteiger partial charge < -0.3 is 10.6 Å². The van der Waals surface area contributed by atoms with Crippen LogP contribution in [-0.4, -0.2) is 22.8 Å². The first kappa shape index (κ1) is 18.7. The summed E-state index contributed by atoms with van der Waals surface area (Å²) in [6.45, 7) is 3.45. The van der Waals surface area contributed by atoms with E-state index in [4.69, 9.17) is 0 Å². The Bertz CT molecular complexity index is 987. The van der Waals surface area contributed by atoms with Crippen molar-refractivity contribution < 1.29 is 14.0 Å². The zero-order chi connectivity index (χ0) is 19.4. The Kier molecular flexibility index (Phi) is 5.61. The summed E-state index contributed by atoms with van der Waals surface area (Å²) in [5, 5.41) is 7.87. The number of anilines is 1. The quantitative estimate of drug-likeness (QED) is 0.699. The molecule has 0 fully saturated rings. The number of carbonyl (C=O) groups is 2. The minimum Gasteiger partial charge on any atom is -0.341 e. The minimum atomic E-state index is -0.831. The second-order valence-electron chi connectivity index (χ2n) is 6.04. The molecule has 2 N–H and O–H groups in total. The molecule has 2 amide bonds. The second-order valence-corrected chi connectivity index (χ2v) is 6.90. The number of benzene rings is 2. The summed E-state index contributed by atoms with van der Waals surface area (Å²) in [6, 6.07) is 12.1. The molecule has 5 nitrogen and oxygen atoms in total. The van der Waals surface area contributed by atoms with E-state index in [2.05, 4.69) is 15.6 Å². The summed E-state index contributed by atoms with van der Waals surface area (Å²) in [7, 11) is 0. The van der Waals surface area contributed by atoms with E-state index in [0.717, 1.165) is 16.3 Å². The molecule has 1 heterocycles. The van der Waals surface area contributed by atoms with E-state index in [-0.39, 0.29) is 11.6 Å². The maximum absolute atomic E-state index is 13.6. The topological polar surface area (TPSA) is 71.1 Å². The highest BCUT2D eigenvalue weighted by Gasteiger charge is 2.18. The summed E-state index contributed by atoms with van der Waals surface area (Å²) in [5.41, 5.74) is 2.25. The lowest BCUT2D eigenvalue weighted by Gasteiger charge is -2.14. The lowest BCUT2D eigenvalue weighted by Crippen LogP contribution is -2.41. The molecule has 3 rings (SSSR count). The molecule has 0 saturated carbocycles. The Balaban J connectivity index is 1.68. The smallest absolute Gasteiger partial charge is 0.251 e. The number of aryl methyl sites for hydroxylation is 1. The number of carbonyl (C=O) groups excluding carboxylic acids is 2. The lowest BCUT2D eigenvalue weighted by atomic mass is 10.1. The molecule has 0 bridgehead atoms. The average Bonchev–Trinajstić information content (AvgIpc) is 3.10. The van der Waals surface area contributed by atoms with Crippen molar-refractivity contribution in [3.8, 4) is 10.6 Å². The van der Waals surface area contributed by atoms with E-state index in [0.29, 0.717) is 5.56 Å². The van der Waals surface area contributed by atoms with Gasteiger partial charge in [0, 0.05) is 22.2 Å². The zero-order valence-electron chi connectivity index (χ0n) is 14.8. The molecule has 0 aliphatic heterocycles. The predicted molar refractivity (Wildman–Crippen MR) is 104 cm³/mol. The number of halogens is 1. The first-order valence-electron chi connectivity index (χ1n) is 8.33. The summed E-state index contributed by atoms with van der Waals surface area (Å²) < 4.78 is 13.6. The van der Waals surface area contributed by atoms with Crippen molar-refractivity contribution in [1.82, 2.24) is 10.3 Å². The number of hydrogen-bond acceptors (Lipinski definition) is 4. The first-order valence-corrected chi connectivity index (χ1v) is 9.21. The number of nitrogens with one attached hydrogen (secondary N) is 2. The largest absolute Gasteiger partial charge is 0.341 e. The maximum Gasteiger partial charge on any atom is 0.251 e. The standard InChI is InChI=1S/C20H18FN3O2S/c1-12-11-27-20(22-12)15-7-5-6-14(10-15)19(26)23-13(2)18(25)24-17-9-4-3-8-16(17)21/h3-11,13H,1-2H3,(H,23,26)(H,24,25). The summed E-state index contributed by atoms with van der Waals surface area (Å²) >= 11 is 1.50. The van der Waals surface area contributed by atoms with E-state index >= 15 is 0 Å². The van der Waals surface area contributed by atoms with E-state index in [1.165, 1.54) is 29.5 Å². The molecule has 1 aromatic heterocycles. The van der Waals surface area contributed by atoms with Gasteiger partial charge in [-0.1, -0.05) is 24.3 Å². The SMILES string of the molecule is Cc1csc(-c2cccc(C(=O)NC(C)C(=O)Nc3ccccc3F)c2)n1. The van der Waals surface area contributed by atoms with Crippen LogP contribution in [0, 0.1) is 12.7 Å². The number of nitrogens with zero attached hydrogens (tertiary/aromatic N) is 1. The molecule has 138 valence electrons. The van der Waals surface area contributed by atoms with Gasteiger partial charge in [0.2, 0.25) is 5.91 Å². The van der Waals surface area contributed by atoms with Crippen LogP contribution in [0.4, 0.5) is 10.1 Å². The molecule has 7 heteroatoms. The fourth-order valence-corrected chi connectivity index (χ4v) is 3.22. The molecule has 0 spiro atoms. The van der Waals surface area contributed by atoms with Gasteiger partial charge in [-0.05, 0) is 38.1 Å². The van der Waals surface area contributed by atoms with Gasteiger partial charge in [-0.2, -0.15) is 0 Å². The zero-order valence-corrected chi connectivity index (χ0v) is 15.6. The summed E-state index contributed by atoms with van der Waals surface area (Å²) in [5.74, 6) is -1.42. The number of rotatable bonds is 5. The molecule has 3 aromatic rings. The third-order valence-corrected chi connectivity index (χ3v) is 4.87. The van der Waals surface area contributed by atoms with Gasteiger partial charge in [0.1, 0.15) is 16.9 Å². The first-order chi connectivity index (χ1) is 12.9. The highest BCUT2D eigenvalue weighted by atomic mass is 32.1. The number of hydrogen-bond donors (Lipinski definition) is 2. The molecule has 27 heavy (non-hydrogen) atoms. The van der Waals surface area contributed by atoms with Gasteiger partial charge in [0.25, 0.3) is 5.91 Å². The Labute approximate surface area is 160 Å². The van der Waals surface area contributed by atoms with Crippen molar-refractivity contribution in [1.29, 1.82) is 0 Å². The van der Waals surface area contributed by atoms with Crippen molar-refractivity contribution in [3.63, 3.8) is 0 Å². The summed E-state index contributed by atoms with van der Waals surface area (Å²) in [4.78, 5) is 29.1. The Morgan fingerprint density at radius 1 is 1.15 bits per heavy atom. The van der Waals surface area contributed by atoms with Crippen LogP contribution in [-0.2, 0) is 4.79 Å². The van der Waals surface area contributed by atoms with Gasteiger partial charge in [-0.3, -0.25) is 9.59 Å². The van der Waals surface area contributed by atoms with Gasteiger partial charge in [0.15, 0.2) is 0 Å². The molecule has 1 atom stereocenters. The average molecular weight is 383 g/mol. The molecular formula is C20H18FN3O2S. The lowest BCUT2D eigenvalue weighted by molar-refractivity contribution is -0.117. The van der Waals surface area contributed by atoms with Crippen LogP contribution in [0.2, 0.25) is 0 Å². The fraction of sp³-hybridized carbons (Fsp3) is 0.150. The van der Waals surface area contributed by atoms with Crippen LogP contribution in [0.3, 0.4) is 0 Å². The van der Waals surface area contributed by atoms with E-state index in [1.807, 2.05) is 18.4 Å². The van der Waals surface area contributed by atoms with Crippen molar-refractivity contribution >= 4 is 28.8 Å². The van der Waals surface area contributed by atoms with Crippen molar-refractivity contribution in [2.75, 3.05) is 5.32 Å². The minimum absolute atomic E-state index is 0.0738. The molecule has 1 unspecified atom stereocenters. The van der Waals surface area contributed by atoms with Gasteiger partial charge >= 0.3 is 0 Å². The number of aromatic nitrogens is 1. The Morgan fingerprint density at radius 2 is 1.93 bits per heavy atom. The van der Waals surface area contributed by atoms with Crippen molar-refractivity contribution in [3.05, 3.63) is 71.0 Å². The van der Waals surface area contributed by atoms with Crippen LogP contribution in [0.15, 0.2) is 53.9 Å². The molecular weight excluding hydrogens is 365 g/mol. The third kappa shape index (κ3) is 4.57. The predicted octanol–water partition coefficient (Wildman–Crippen LogP) is 4.01. The highest BCUT2D eigenvalue weighted by molar-refractivity contribution is 7.13. The van der Waals surface area contributed by atoms with E-state index in [9.17, 15) is 14.0 Å². The molecule has 0 radical (unpaired) electrons. The van der Waals surface area contributed by atoms with Crippen LogP contribution in [0.1, 0.15) is 23.0 Å². The Hall–Kier alpha value is -3.06. The molecule has 0 aliphatic rings. The second kappa shape index (κ2) is 8.09. The van der Waals surface area contributed by atoms with Crippen molar-refractivity contribution in [2.24, 2.45) is 0 Å². The highest BCUT2D eigenvalue weighted by Crippen LogP contribution is 2.24. The van der Waals surface area contributed by atoms with Gasteiger partial charge in [-0.25, -0.2) is 9.37 Å². The van der Waals surface area contributed by atoms with Crippen LogP contribution >= 0.6 is 11.3 Å². The maximum atomic E-state index is 13.6. The van der Waals surface area contributed by atoms with Gasteiger partial charge in [0.05, 0.1) is 5.69 Å². The monoisotopic (exact) mass is 383 g/mol. The molecule has 2 aromatic carbocycles. The van der Waals surface area contributed by atoms with Crippen LogP contribution in [0.5, 0.6) is 0 Å². The van der Waals surface area contributed by atoms with Crippen LogP contribution in [0.25, 0.3) is 10.6 Å². The third-order valence-electron chi connectivity index (χ3n) is 3.86. The van der Waals surface area contributed by atoms with E-state index < -0.39 is 17.8 Å². The number of thiazole rings is 1. The molecule has 0 saturated heterocycles. The molecule has 0 aliphatic carbocycles. The van der Waals surface area contributed by atoms with Crippen molar-refractivity contribution in [2.45, 2.75) is 19.9 Å². The number of amides is 2. The van der Waals surface area contributed by atoms with Gasteiger partial charge in [-0.15, -0.1) is 11.3 Å². The normalized spacial score (nSPS) is 11.7. The summed E-state index contributed by atoms with van der Waals surface area (Å²) in [6.07, 6.45) is 0. The van der Waals surface area contributed by atoms with E-state index in [1.54, 1.807) is 31.2 Å². The fourth-order valence-electron chi connectivity index (χ4n) is 2.43. The Morgan fingerprint density at radius 3 is 2.63 bits per heavy atom. The van der Waals surface area contributed by atoms with Crippen LogP contribution < -0.4 is 10.6 Å².